The van der Waals surface area contributed by atoms with Crippen LogP contribution < -0.4 is 0 Å². The molecule has 0 unspecified atom stereocenters. The summed E-state index contributed by atoms with van der Waals surface area (Å²) in [5.74, 6) is -0.328. The van der Waals surface area contributed by atoms with Crippen LogP contribution in [-0.2, 0) is 9.53 Å². The van der Waals surface area contributed by atoms with Gasteiger partial charge in [0, 0.05) is 6.42 Å². The van der Waals surface area contributed by atoms with Gasteiger partial charge in [-0.1, -0.05) is 0 Å². The lowest BCUT2D eigenvalue weighted by Crippen LogP contribution is -2.02. The van der Waals surface area contributed by atoms with Crippen LogP contribution in [-0.4, -0.2) is 17.5 Å². The largest absolute Gasteiger partial charge is 0.466 e. The number of nitrogens with zero attached hydrogens (tertiary/aromatic N) is 1. The van der Waals surface area contributed by atoms with Gasteiger partial charge in [0.05, 0.1) is 11.5 Å². The SMILES string of the molecule is CCOC(=O)CCC=C[N+](=O)[O-]. The fourth-order valence-electron chi connectivity index (χ4n) is 0.595. The highest BCUT2D eigenvalue weighted by Crippen LogP contribution is 1.94. The summed E-state index contributed by atoms with van der Waals surface area (Å²) in [4.78, 5) is 19.9. The molecule has 0 saturated heterocycles. The van der Waals surface area contributed by atoms with E-state index in [0.29, 0.717) is 13.0 Å². The molecule has 0 aliphatic rings. The van der Waals surface area contributed by atoms with Crippen LogP contribution in [0.4, 0.5) is 0 Å². The number of rotatable bonds is 5. The first-order valence-electron chi connectivity index (χ1n) is 3.62. The van der Waals surface area contributed by atoms with Crippen LogP contribution in [0.3, 0.4) is 0 Å². The van der Waals surface area contributed by atoms with Crippen molar-refractivity contribution in [3.05, 3.63) is 22.4 Å². The van der Waals surface area contributed by atoms with Gasteiger partial charge in [-0.3, -0.25) is 14.9 Å². The van der Waals surface area contributed by atoms with Gasteiger partial charge in [0.1, 0.15) is 0 Å². The van der Waals surface area contributed by atoms with E-state index in [2.05, 4.69) is 4.74 Å². The summed E-state index contributed by atoms with van der Waals surface area (Å²) < 4.78 is 4.61. The molecule has 0 heterocycles. The molecule has 0 amide bonds. The predicted molar refractivity (Wildman–Crippen MR) is 42.0 cm³/mol. The van der Waals surface area contributed by atoms with Crippen LogP contribution in [0.1, 0.15) is 19.8 Å². The van der Waals surface area contributed by atoms with Gasteiger partial charge >= 0.3 is 5.97 Å². The van der Waals surface area contributed by atoms with E-state index in [1.165, 1.54) is 6.08 Å². The van der Waals surface area contributed by atoms with Crippen molar-refractivity contribution in [1.82, 2.24) is 0 Å². The zero-order valence-corrected chi connectivity index (χ0v) is 6.86. The number of ether oxygens (including phenoxy) is 1. The maximum atomic E-state index is 10.7. The molecular formula is C7H11NO4. The van der Waals surface area contributed by atoms with E-state index in [4.69, 9.17) is 0 Å². The molecule has 68 valence electrons. The number of allylic oxidation sites excluding steroid dienone is 1. The Kier molecular flexibility index (Phi) is 5.60. The first-order valence-corrected chi connectivity index (χ1v) is 3.62. The molecule has 0 fully saturated rings. The predicted octanol–water partition coefficient (Wildman–Crippen LogP) is 1.12. The average molecular weight is 173 g/mol. The summed E-state index contributed by atoms with van der Waals surface area (Å²) in [6.07, 6.45) is 2.69. The van der Waals surface area contributed by atoms with Gasteiger partial charge in [-0.25, -0.2) is 0 Å². The summed E-state index contributed by atoms with van der Waals surface area (Å²) in [7, 11) is 0. The summed E-state index contributed by atoms with van der Waals surface area (Å²) >= 11 is 0. The van der Waals surface area contributed by atoms with Gasteiger partial charge in [-0.2, -0.15) is 0 Å². The number of hydrogen-bond donors (Lipinski definition) is 0. The second kappa shape index (κ2) is 6.33. The van der Waals surface area contributed by atoms with E-state index in [1.54, 1.807) is 6.92 Å². The smallest absolute Gasteiger partial charge is 0.306 e. The molecule has 0 atom stereocenters. The molecule has 5 heteroatoms. The van der Waals surface area contributed by atoms with Crippen molar-refractivity contribution < 1.29 is 14.5 Å². The molecule has 0 aromatic rings. The second-order valence-corrected chi connectivity index (χ2v) is 2.01. The van der Waals surface area contributed by atoms with Crippen molar-refractivity contribution in [3.63, 3.8) is 0 Å². The summed E-state index contributed by atoms with van der Waals surface area (Å²) in [5, 5.41) is 9.77. The van der Waals surface area contributed by atoms with Gasteiger partial charge in [0.15, 0.2) is 0 Å². The highest BCUT2D eigenvalue weighted by molar-refractivity contribution is 5.69. The van der Waals surface area contributed by atoms with E-state index in [9.17, 15) is 14.9 Å². The van der Waals surface area contributed by atoms with E-state index < -0.39 is 4.92 Å². The molecule has 0 aromatic heterocycles. The van der Waals surface area contributed by atoms with E-state index in [1.807, 2.05) is 0 Å². The van der Waals surface area contributed by atoms with Gasteiger partial charge in [0.2, 0.25) is 6.20 Å². The summed E-state index contributed by atoms with van der Waals surface area (Å²) in [6.45, 7) is 2.06. The molecule has 5 nitrogen and oxygen atoms in total. The number of carbonyl (C=O) groups excluding carboxylic acids is 1. The minimum Gasteiger partial charge on any atom is -0.466 e. The Morgan fingerprint density at radius 3 is 2.83 bits per heavy atom. The topological polar surface area (TPSA) is 69.4 Å². The van der Waals surface area contributed by atoms with Crippen LogP contribution in [0.15, 0.2) is 12.3 Å². The molecule has 0 aromatic carbocycles. The summed E-state index contributed by atoms with van der Waals surface area (Å²) in [6, 6.07) is 0. The second-order valence-electron chi connectivity index (χ2n) is 2.01. The van der Waals surface area contributed by atoms with Crippen LogP contribution in [0.2, 0.25) is 0 Å². The van der Waals surface area contributed by atoms with Crippen molar-refractivity contribution in [2.24, 2.45) is 0 Å². The Bertz CT molecular complexity index is 188. The number of carbonyl (C=O) groups is 1. The van der Waals surface area contributed by atoms with Gasteiger partial charge in [0.25, 0.3) is 0 Å². The zero-order valence-electron chi connectivity index (χ0n) is 6.86. The molecule has 0 rings (SSSR count). The fraction of sp³-hybridized carbons (Fsp3) is 0.571. The highest BCUT2D eigenvalue weighted by Gasteiger charge is 1.98. The molecule has 0 saturated carbocycles. The van der Waals surface area contributed by atoms with Crippen LogP contribution >= 0.6 is 0 Å². The molecule has 0 aliphatic carbocycles. The lowest BCUT2D eigenvalue weighted by molar-refractivity contribution is -0.402. The highest BCUT2D eigenvalue weighted by atomic mass is 16.6. The monoisotopic (exact) mass is 173 g/mol. The van der Waals surface area contributed by atoms with Gasteiger partial charge in [-0.05, 0) is 19.4 Å². The molecule has 0 aliphatic heterocycles. The average Bonchev–Trinajstić information content (AvgIpc) is 1.98. The maximum Gasteiger partial charge on any atom is 0.306 e. The van der Waals surface area contributed by atoms with Gasteiger partial charge < -0.3 is 4.74 Å². The molecule has 0 spiro atoms. The van der Waals surface area contributed by atoms with E-state index in [-0.39, 0.29) is 12.4 Å². The quantitative estimate of drug-likeness (QED) is 0.355. The number of hydrogen-bond acceptors (Lipinski definition) is 4. The molecule has 12 heavy (non-hydrogen) atoms. The third-order valence-electron chi connectivity index (χ3n) is 1.05. The Hall–Kier alpha value is -1.39. The minimum atomic E-state index is -0.564. The molecular weight excluding hydrogens is 162 g/mol. The van der Waals surface area contributed by atoms with Crippen molar-refractivity contribution in [2.45, 2.75) is 19.8 Å². The zero-order chi connectivity index (χ0) is 9.40. The first kappa shape index (κ1) is 10.6. The fourth-order valence-corrected chi connectivity index (χ4v) is 0.595. The standard InChI is InChI=1S/C7H11NO4/c1-2-12-7(9)5-3-4-6-8(10)11/h4,6H,2-3,5H2,1H3. The number of nitro groups is 1. The first-order chi connectivity index (χ1) is 5.66. The van der Waals surface area contributed by atoms with Crippen molar-refractivity contribution in [3.8, 4) is 0 Å². The molecule has 0 radical (unpaired) electrons. The Labute approximate surface area is 70.2 Å². The van der Waals surface area contributed by atoms with Crippen molar-refractivity contribution >= 4 is 5.97 Å². The molecule has 0 N–H and O–H groups in total. The lowest BCUT2D eigenvalue weighted by Gasteiger charge is -1.96. The Morgan fingerprint density at radius 2 is 2.33 bits per heavy atom. The van der Waals surface area contributed by atoms with Gasteiger partial charge in [-0.15, -0.1) is 0 Å². The molecule has 0 bridgehead atoms. The van der Waals surface area contributed by atoms with Crippen molar-refractivity contribution in [1.29, 1.82) is 0 Å². The maximum absolute atomic E-state index is 10.7. The summed E-state index contributed by atoms with van der Waals surface area (Å²) in [5.41, 5.74) is 0. The Morgan fingerprint density at radius 1 is 1.67 bits per heavy atom. The van der Waals surface area contributed by atoms with Crippen molar-refractivity contribution in [2.75, 3.05) is 6.61 Å². The normalized spacial score (nSPS) is 10.1. The van der Waals surface area contributed by atoms with Crippen LogP contribution in [0, 0.1) is 10.1 Å². The van der Waals surface area contributed by atoms with Crippen LogP contribution in [0.25, 0.3) is 0 Å². The third kappa shape index (κ3) is 6.73. The number of esters is 1. The van der Waals surface area contributed by atoms with E-state index in [0.717, 1.165) is 6.20 Å². The lowest BCUT2D eigenvalue weighted by atomic mass is 10.3. The minimum absolute atomic E-state index is 0.193. The van der Waals surface area contributed by atoms with Crippen LogP contribution in [0.5, 0.6) is 0 Å². The third-order valence-corrected chi connectivity index (χ3v) is 1.05. The van der Waals surface area contributed by atoms with E-state index >= 15 is 0 Å². The Balaban J connectivity index is 3.43.